The van der Waals surface area contributed by atoms with Gasteiger partial charge >= 0.3 is 5.97 Å². The monoisotopic (exact) mass is 357 g/mol. The van der Waals surface area contributed by atoms with E-state index in [2.05, 4.69) is 16.5 Å². The lowest BCUT2D eigenvalue weighted by Gasteiger charge is -2.13. The first-order chi connectivity index (χ1) is 12.1. The molecular formula is C18H19N3O3S. The molecule has 130 valence electrons. The van der Waals surface area contributed by atoms with Crippen molar-refractivity contribution >= 4 is 39.7 Å². The zero-order valence-corrected chi connectivity index (χ0v) is 14.9. The Morgan fingerprint density at radius 3 is 2.96 bits per heavy atom. The highest BCUT2D eigenvalue weighted by atomic mass is 32.2. The van der Waals surface area contributed by atoms with Crippen molar-refractivity contribution in [3.8, 4) is 0 Å². The fourth-order valence-corrected chi connectivity index (χ4v) is 3.53. The van der Waals surface area contributed by atoms with Crippen LogP contribution in [0.15, 0.2) is 46.9 Å². The van der Waals surface area contributed by atoms with Crippen molar-refractivity contribution in [2.45, 2.75) is 30.8 Å². The summed E-state index contributed by atoms with van der Waals surface area (Å²) in [4.78, 5) is 32.6. The number of aromatic nitrogens is 3. The third kappa shape index (κ3) is 3.19. The van der Waals surface area contributed by atoms with E-state index in [1.807, 2.05) is 24.3 Å². The molecule has 25 heavy (non-hydrogen) atoms. The molecular weight excluding hydrogens is 338 g/mol. The number of aromatic amines is 1. The Labute approximate surface area is 148 Å². The van der Waals surface area contributed by atoms with Gasteiger partial charge in [0.25, 0.3) is 5.56 Å². The van der Waals surface area contributed by atoms with Crippen molar-refractivity contribution in [2.24, 2.45) is 0 Å². The van der Waals surface area contributed by atoms with E-state index < -0.39 is 5.25 Å². The number of nitrogens with one attached hydrogen (secondary N) is 1. The van der Waals surface area contributed by atoms with Crippen LogP contribution >= 0.6 is 11.8 Å². The molecule has 0 unspecified atom stereocenters. The Bertz CT molecular complexity index is 1010. The number of nitrogens with zero attached hydrogens (tertiary/aromatic N) is 2. The van der Waals surface area contributed by atoms with Gasteiger partial charge in [0.05, 0.1) is 6.61 Å². The fraction of sp³-hybridized carbons (Fsp3) is 0.278. The molecule has 0 fully saturated rings. The van der Waals surface area contributed by atoms with Gasteiger partial charge in [0, 0.05) is 17.4 Å². The van der Waals surface area contributed by atoms with Crippen LogP contribution in [0.4, 0.5) is 0 Å². The molecule has 3 aromatic rings. The van der Waals surface area contributed by atoms with Crippen LogP contribution in [0.5, 0.6) is 0 Å². The Hall–Kier alpha value is -2.54. The third-order valence-corrected chi connectivity index (χ3v) is 4.86. The highest BCUT2D eigenvalue weighted by Crippen LogP contribution is 2.27. The highest BCUT2D eigenvalue weighted by Gasteiger charge is 2.21. The summed E-state index contributed by atoms with van der Waals surface area (Å²) in [5.74, 6) is -0.328. The van der Waals surface area contributed by atoms with E-state index in [1.165, 1.54) is 16.3 Å². The lowest BCUT2D eigenvalue weighted by molar-refractivity contribution is -0.142. The van der Waals surface area contributed by atoms with Gasteiger partial charge in [0.1, 0.15) is 16.3 Å². The van der Waals surface area contributed by atoms with Crippen molar-refractivity contribution in [3.63, 3.8) is 0 Å². The number of fused-ring (bicyclic) bond motifs is 3. The van der Waals surface area contributed by atoms with Gasteiger partial charge in [-0.05, 0) is 19.9 Å². The lowest BCUT2D eigenvalue weighted by atomic mass is 10.2. The second kappa shape index (κ2) is 7.14. The molecule has 6 nitrogen and oxygen atoms in total. The SMILES string of the molecule is C=CCn1c(S[C@H](C)C(=O)OCC)nc2c([nH]c3ccccc32)c1=O. The second-order valence-corrected chi connectivity index (χ2v) is 6.81. The van der Waals surface area contributed by atoms with Crippen LogP contribution in [0.1, 0.15) is 13.8 Å². The number of para-hydroxylation sites is 1. The maximum atomic E-state index is 12.9. The van der Waals surface area contributed by atoms with E-state index in [0.717, 1.165) is 10.9 Å². The van der Waals surface area contributed by atoms with Crippen LogP contribution in [-0.4, -0.2) is 32.4 Å². The normalized spacial score (nSPS) is 12.4. The van der Waals surface area contributed by atoms with Crippen molar-refractivity contribution in [3.05, 3.63) is 47.3 Å². The Morgan fingerprint density at radius 1 is 1.48 bits per heavy atom. The summed E-state index contributed by atoms with van der Waals surface area (Å²) >= 11 is 1.21. The van der Waals surface area contributed by atoms with Crippen molar-refractivity contribution in [1.82, 2.24) is 14.5 Å². The molecule has 2 heterocycles. The lowest BCUT2D eigenvalue weighted by Crippen LogP contribution is -2.25. The van der Waals surface area contributed by atoms with E-state index in [-0.39, 0.29) is 11.5 Å². The van der Waals surface area contributed by atoms with Gasteiger partial charge in [-0.15, -0.1) is 6.58 Å². The van der Waals surface area contributed by atoms with Gasteiger partial charge in [-0.25, -0.2) is 4.98 Å². The zero-order chi connectivity index (χ0) is 18.0. The van der Waals surface area contributed by atoms with Crippen LogP contribution in [0.2, 0.25) is 0 Å². The highest BCUT2D eigenvalue weighted by molar-refractivity contribution is 8.00. The number of esters is 1. The summed E-state index contributed by atoms with van der Waals surface area (Å²) in [6, 6.07) is 7.63. The molecule has 0 amide bonds. The van der Waals surface area contributed by atoms with Gasteiger partial charge in [-0.3, -0.25) is 14.2 Å². The number of rotatable bonds is 6. The molecule has 2 aromatic heterocycles. The average molecular weight is 357 g/mol. The van der Waals surface area contributed by atoms with E-state index in [9.17, 15) is 9.59 Å². The van der Waals surface area contributed by atoms with Crippen LogP contribution < -0.4 is 5.56 Å². The molecule has 1 aromatic carbocycles. The maximum absolute atomic E-state index is 12.9. The fourth-order valence-electron chi connectivity index (χ4n) is 2.62. The van der Waals surface area contributed by atoms with E-state index in [0.29, 0.717) is 29.3 Å². The van der Waals surface area contributed by atoms with E-state index >= 15 is 0 Å². The van der Waals surface area contributed by atoms with Crippen LogP contribution in [0.3, 0.4) is 0 Å². The first-order valence-corrected chi connectivity index (χ1v) is 8.90. The molecule has 7 heteroatoms. The minimum atomic E-state index is -0.467. The molecule has 1 atom stereocenters. The summed E-state index contributed by atoms with van der Waals surface area (Å²) in [7, 11) is 0. The van der Waals surface area contributed by atoms with Gasteiger partial charge in [0.15, 0.2) is 5.16 Å². The van der Waals surface area contributed by atoms with E-state index in [4.69, 9.17) is 4.74 Å². The topological polar surface area (TPSA) is 77.0 Å². The Balaban J connectivity index is 2.16. The summed E-state index contributed by atoms with van der Waals surface area (Å²) < 4.78 is 6.57. The van der Waals surface area contributed by atoms with Gasteiger partial charge in [-0.2, -0.15) is 0 Å². The number of hydrogen-bond donors (Lipinski definition) is 1. The minimum absolute atomic E-state index is 0.181. The number of carbonyl (C=O) groups excluding carboxylic acids is 1. The number of thioether (sulfide) groups is 1. The summed E-state index contributed by atoms with van der Waals surface area (Å²) in [6.45, 7) is 7.84. The molecule has 3 rings (SSSR count). The van der Waals surface area contributed by atoms with Crippen molar-refractivity contribution < 1.29 is 9.53 Å². The maximum Gasteiger partial charge on any atom is 0.319 e. The molecule has 0 aliphatic rings. The van der Waals surface area contributed by atoms with Gasteiger partial charge < -0.3 is 9.72 Å². The first kappa shape index (κ1) is 17.3. The third-order valence-electron chi connectivity index (χ3n) is 3.79. The first-order valence-electron chi connectivity index (χ1n) is 8.02. The number of carbonyl (C=O) groups is 1. The van der Waals surface area contributed by atoms with Crippen LogP contribution in [0.25, 0.3) is 21.9 Å². The predicted molar refractivity (Wildman–Crippen MR) is 100 cm³/mol. The van der Waals surface area contributed by atoms with E-state index in [1.54, 1.807) is 19.9 Å². The average Bonchev–Trinajstić information content (AvgIpc) is 2.97. The zero-order valence-electron chi connectivity index (χ0n) is 14.1. The standard InChI is InChI=1S/C18H19N3O3S/c1-4-10-21-16(22)15-14(12-8-6-7-9-13(12)19-15)20-18(21)25-11(3)17(23)24-5-2/h4,6-9,11,19H,1,5,10H2,2-3H3/t11-/m1/s1. The number of benzene rings is 1. The quantitative estimate of drug-likeness (QED) is 0.317. The molecule has 0 spiro atoms. The van der Waals surface area contributed by atoms with Gasteiger partial charge in [-0.1, -0.05) is 36.0 Å². The number of allylic oxidation sites excluding steroid dienone is 1. The number of hydrogen-bond acceptors (Lipinski definition) is 5. The minimum Gasteiger partial charge on any atom is -0.465 e. The largest absolute Gasteiger partial charge is 0.465 e. The molecule has 0 saturated carbocycles. The molecule has 0 aliphatic heterocycles. The molecule has 0 aliphatic carbocycles. The summed E-state index contributed by atoms with van der Waals surface area (Å²) in [6.07, 6.45) is 1.64. The van der Waals surface area contributed by atoms with Crippen LogP contribution in [0, 0.1) is 0 Å². The Morgan fingerprint density at radius 2 is 2.24 bits per heavy atom. The summed E-state index contributed by atoms with van der Waals surface area (Å²) in [5, 5.41) is 0.888. The van der Waals surface area contributed by atoms with Crippen molar-refractivity contribution in [2.75, 3.05) is 6.61 Å². The molecule has 0 bridgehead atoms. The molecule has 1 N–H and O–H groups in total. The number of ether oxygens (including phenoxy) is 1. The van der Waals surface area contributed by atoms with Crippen molar-refractivity contribution in [1.29, 1.82) is 0 Å². The van der Waals surface area contributed by atoms with Crippen LogP contribution in [-0.2, 0) is 16.1 Å². The molecule has 0 radical (unpaired) electrons. The number of H-pyrrole nitrogens is 1. The second-order valence-electron chi connectivity index (χ2n) is 5.51. The Kier molecular flexibility index (Phi) is 4.94. The molecule has 0 saturated heterocycles. The predicted octanol–water partition coefficient (Wildman–Crippen LogP) is 3.11. The smallest absolute Gasteiger partial charge is 0.319 e. The van der Waals surface area contributed by atoms with Gasteiger partial charge in [0.2, 0.25) is 0 Å². The summed E-state index contributed by atoms with van der Waals surface area (Å²) in [5.41, 5.74) is 1.74.